The third kappa shape index (κ3) is 2.56. The van der Waals surface area contributed by atoms with Gasteiger partial charge in [0, 0.05) is 7.05 Å². The third-order valence-corrected chi connectivity index (χ3v) is 2.53. The Balaban J connectivity index is 2.98. The number of Topliss-reactive ketones (excluding diaryl/α,β-unsaturated/α-hetero) is 1. The molecule has 0 aliphatic heterocycles. The number of aromatic nitrogens is 3. The van der Waals surface area contributed by atoms with Crippen LogP contribution in [0.25, 0.3) is 0 Å². The summed E-state index contributed by atoms with van der Waals surface area (Å²) in [6, 6.07) is 0. The van der Waals surface area contributed by atoms with E-state index in [4.69, 9.17) is 0 Å². The molecular formula is C7H9N3O3S. The summed E-state index contributed by atoms with van der Waals surface area (Å²) in [7, 11) is 1.55. The van der Waals surface area contributed by atoms with Crippen molar-refractivity contribution in [2.24, 2.45) is 7.05 Å². The number of hydrogen-bond acceptors (Lipinski definition) is 5. The Labute approximate surface area is 83.3 Å². The van der Waals surface area contributed by atoms with Crippen LogP contribution < -0.4 is 11.1 Å². The van der Waals surface area contributed by atoms with Gasteiger partial charge in [0.15, 0.2) is 5.16 Å². The van der Waals surface area contributed by atoms with E-state index in [0.29, 0.717) is 5.16 Å². The van der Waals surface area contributed by atoms with Gasteiger partial charge in [-0.2, -0.15) is 4.98 Å². The normalized spacial score (nSPS) is 10.1. The number of H-pyrrole nitrogens is 1. The van der Waals surface area contributed by atoms with Crippen LogP contribution in [0.15, 0.2) is 14.7 Å². The number of nitrogens with one attached hydrogen (secondary N) is 1. The van der Waals surface area contributed by atoms with Crippen LogP contribution in [0.2, 0.25) is 0 Å². The number of aromatic amines is 1. The lowest BCUT2D eigenvalue weighted by Crippen LogP contribution is -2.33. The first kappa shape index (κ1) is 10.7. The van der Waals surface area contributed by atoms with Crippen LogP contribution in [0.3, 0.4) is 0 Å². The van der Waals surface area contributed by atoms with Gasteiger partial charge in [0.1, 0.15) is 5.78 Å². The summed E-state index contributed by atoms with van der Waals surface area (Å²) >= 11 is 1.11. The first-order valence-electron chi connectivity index (χ1n) is 3.80. The van der Waals surface area contributed by atoms with E-state index >= 15 is 0 Å². The molecule has 0 unspecified atom stereocenters. The summed E-state index contributed by atoms with van der Waals surface area (Å²) < 4.78 is 1.32. The Morgan fingerprint density at radius 1 is 1.57 bits per heavy atom. The summed E-state index contributed by atoms with van der Waals surface area (Å²) in [6.45, 7) is 1.44. The van der Waals surface area contributed by atoms with Gasteiger partial charge in [0.25, 0.3) is 0 Å². The Morgan fingerprint density at radius 3 is 2.79 bits per heavy atom. The van der Waals surface area contributed by atoms with Crippen molar-refractivity contribution in [3.8, 4) is 0 Å². The van der Waals surface area contributed by atoms with Crippen LogP contribution in [-0.4, -0.2) is 26.3 Å². The molecule has 0 aliphatic carbocycles. The van der Waals surface area contributed by atoms with Crippen LogP contribution in [0.4, 0.5) is 0 Å². The van der Waals surface area contributed by atoms with E-state index in [1.54, 1.807) is 7.05 Å². The van der Waals surface area contributed by atoms with Crippen molar-refractivity contribution in [2.45, 2.75) is 12.1 Å². The van der Waals surface area contributed by atoms with Crippen molar-refractivity contribution in [1.29, 1.82) is 0 Å². The maximum atomic E-state index is 10.9. The van der Waals surface area contributed by atoms with Crippen LogP contribution in [0.5, 0.6) is 0 Å². The van der Waals surface area contributed by atoms with E-state index in [2.05, 4.69) is 10.1 Å². The molecule has 0 saturated heterocycles. The van der Waals surface area contributed by atoms with Gasteiger partial charge < -0.3 is 0 Å². The summed E-state index contributed by atoms with van der Waals surface area (Å²) in [4.78, 5) is 35.9. The number of carbonyl (C=O) groups excluding carboxylic acids is 1. The highest BCUT2D eigenvalue weighted by Crippen LogP contribution is 2.10. The van der Waals surface area contributed by atoms with Gasteiger partial charge in [-0.05, 0) is 6.92 Å². The minimum absolute atomic E-state index is 0.0181. The van der Waals surface area contributed by atoms with E-state index in [9.17, 15) is 14.4 Å². The molecule has 14 heavy (non-hydrogen) atoms. The second-order valence-electron chi connectivity index (χ2n) is 2.69. The highest BCUT2D eigenvalue weighted by atomic mass is 32.2. The Morgan fingerprint density at radius 2 is 2.21 bits per heavy atom. The molecule has 6 nitrogen and oxygen atoms in total. The van der Waals surface area contributed by atoms with Crippen LogP contribution in [0.1, 0.15) is 6.92 Å². The van der Waals surface area contributed by atoms with E-state index in [-0.39, 0.29) is 11.5 Å². The molecular weight excluding hydrogens is 206 g/mol. The lowest BCUT2D eigenvalue weighted by molar-refractivity contribution is -0.114. The standard InChI is InChI=1S/C7H9N3O3S/c1-4(11)3-14-7-8-5(12)6(13)9-10(7)2/h3H2,1-2H3,(H,9,13). The van der Waals surface area contributed by atoms with Crippen molar-refractivity contribution in [3.63, 3.8) is 0 Å². The van der Waals surface area contributed by atoms with Gasteiger partial charge in [-0.25, -0.2) is 0 Å². The van der Waals surface area contributed by atoms with E-state index < -0.39 is 11.1 Å². The smallest absolute Gasteiger partial charge is 0.299 e. The molecule has 0 aliphatic rings. The van der Waals surface area contributed by atoms with E-state index in [1.807, 2.05) is 0 Å². The summed E-state index contributed by atoms with van der Waals surface area (Å²) in [5.74, 6) is 0.210. The zero-order valence-electron chi connectivity index (χ0n) is 7.73. The fourth-order valence-corrected chi connectivity index (χ4v) is 1.47. The average Bonchev–Trinajstić information content (AvgIpc) is 2.09. The van der Waals surface area contributed by atoms with Crippen LogP contribution >= 0.6 is 11.8 Å². The number of carbonyl (C=O) groups is 1. The van der Waals surface area contributed by atoms with Crippen LogP contribution in [0, 0.1) is 0 Å². The second-order valence-corrected chi connectivity index (χ2v) is 3.63. The zero-order chi connectivity index (χ0) is 10.7. The first-order chi connectivity index (χ1) is 6.50. The SMILES string of the molecule is CC(=O)CSc1nc(=O)c(=O)[nH]n1C. The fourth-order valence-electron chi connectivity index (χ4n) is 0.756. The quantitative estimate of drug-likeness (QED) is 0.524. The monoisotopic (exact) mass is 215 g/mol. The number of ketones is 1. The molecule has 76 valence electrons. The van der Waals surface area contributed by atoms with Crippen molar-refractivity contribution < 1.29 is 4.79 Å². The molecule has 1 N–H and O–H groups in total. The number of hydrogen-bond donors (Lipinski definition) is 1. The molecule has 0 amide bonds. The lowest BCUT2D eigenvalue weighted by atomic mass is 10.5. The molecule has 0 saturated carbocycles. The summed E-state index contributed by atoms with van der Waals surface area (Å²) in [5.41, 5.74) is -1.60. The molecule has 0 fully saturated rings. The molecule has 0 radical (unpaired) electrons. The van der Waals surface area contributed by atoms with Gasteiger partial charge in [-0.1, -0.05) is 11.8 Å². The molecule has 1 heterocycles. The second kappa shape index (κ2) is 4.23. The maximum Gasteiger partial charge on any atom is 0.339 e. The van der Waals surface area contributed by atoms with Crippen molar-refractivity contribution in [2.75, 3.05) is 5.75 Å². The van der Waals surface area contributed by atoms with E-state index in [1.165, 1.54) is 11.6 Å². The first-order valence-corrected chi connectivity index (χ1v) is 4.79. The zero-order valence-corrected chi connectivity index (χ0v) is 8.55. The molecule has 0 atom stereocenters. The largest absolute Gasteiger partial charge is 0.339 e. The predicted molar refractivity (Wildman–Crippen MR) is 51.5 cm³/mol. The number of thioether (sulfide) groups is 1. The third-order valence-electron chi connectivity index (χ3n) is 1.35. The van der Waals surface area contributed by atoms with Gasteiger partial charge in [0.05, 0.1) is 5.75 Å². The fraction of sp³-hybridized carbons (Fsp3) is 0.429. The highest BCUT2D eigenvalue weighted by molar-refractivity contribution is 7.99. The topological polar surface area (TPSA) is 84.8 Å². The molecule has 0 bridgehead atoms. The van der Waals surface area contributed by atoms with Crippen molar-refractivity contribution in [3.05, 3.63) is 20.7 Å². The maximum absolute atomic E-state index is 10.9. The van der Waals surface area contributed by atoms with Gasteiger partial charge in [-0.15, -0.1) is 0 Å². The van der Waals surface area contributed by atoms with E-state index in [0.717, 1.165) is 11.8 Å². The highest BCUT2D eigenvalue weighted by Gasteiger charge is 2.05. The van der Waals surface area contributed by atoms with Gasteiger partial charge in [-0.3, -0.25) is 24.2 Å². The Kier molecular flexibility index (Phi) is 3.23. The summed E-state index contributed by atoms with van der Waals surface area (Å²) in [5, 5.41) is 2.61. The Hall–Kier alpha value is -1.37. The minimum atomic E-state index is -0.839. The molecule has 1 aromatic heterocycles. The molecule has 0 spiro atoms. The van der Waals surface area contributed by atoms with Crippen molar-refractivity contribution >= 4 is 17.5 Å². The molecule has 1 rings (SSSR count). The average molecular weight is 215 g/mol. The Bertz CT molecular complexity index is 462. The van der Waals surface area contributed by atoms with Crippen molar-refractivity contribution in [1.82, 2.24) is 14.8 Å². The minimum Gasteiger partial charge on any atom is -0.299 e. The molecule has 0 aromatic carbocycles. The summed E-state index contributed by atoms with van der Waals surface area (Å²) in [6.07, 6.45) is 0. The number of aryl methyl sites for hydroxylation is 1. The van der Waals surface area contributed by atoms with Gasteiger partial charge >= 0.3 is 11.1 Å². The molecule has 1 aromatic rings. The lowest BCUT2D eigenvalue weighted by Gasteiger charge is -2.03. The number of rotatable bonds is 3. The predicted octanol–water partition coefficient (Wildman–Crippen LogP) is -0.850. The van der Waals surface area contributed by atoms with Crippen LogP contribution in [-0.2, 0) is 11.8 Å². The number of nitrogens with zero attached hydrogens (tertiary/aromatic N) is 2. The van der Waals surface area contributed by atoms with Gasteiger partial charge in [0.2, 0.25) is 0 Å². The molecule has 7 heteroatoms.